The van der Waals surface area contributed by atoms with Gasteiger partial charge in [0.2, 0.25) is 0 Å². The van der Waals surface area contributed by atoms with Gasteiger partial charge in [-0.05, 0) is 18.9 Å². The minimum absolute atomic E-state index is 0.0528. The van der Waals surface area contributed by atoms with E-state index in [0.717, 1.165) is 18.9 Å². The van der Waals surface area contributed by atoms with E-state index in [9.17, 15) is 14.9 Å². The summed E-state index contributed by atoms with van der Waals surface area (Å²) in [7, 11) is 0. The number of amides is 1. The molecular weight excluding hydrogens is 246 g/mol. The molecule has 7 heteroatoms. The predicted molar refractivity (Wildman–Crippen MR) is 63.0 cm³/mol. The maximum Gasteiger partial charge on any atom is 0.293 e. The Kier molecular flexibility index (Phi) is 2.89. The van der Waals surface area contributed by atoms with E-state index in [1.807, 2.05) is 0 Å². The first kappa shape index (κ1) is 11.7. The number of carbonyl (C=O) groups excluding carboxylic acids is 1. The van der Waals surface area contributed by atoms with E-state index in [2.05, 4.69) is 5.32 Å². The molecule has 1 aliphatic rings. The number of nitrogen functional groups attached to an aromatic ring is 1. The number of rotatable bonds is 3. The lowest BCUT2D eigenvalue weighted by atomic mass is 10.1. The Hall–Kier alpha value is -1.82. The molecule has 0 atom stereocenters. The molecule has 0 spiro atoms. The molecule has 0 saturated heterocycles. The highest BCUT2D eigenvalue weighted by Crippen LogP contribution is 2.29. The van der Waals surface area contributed by atoms with Crippen molar-refractivity contribution in [3.8, 4) is 0 Å². The first-order valence-electron chi connectivity index (χ1n) is 5.03. The summed E-state index contributed by atoms with van der Waals surface area (Å²) in [4.78, 5) is 21.8. The quantitative estimate of drug-likeness (QED) is 0.488. The molecule has 17 heavy (non-hydrogen) atoms. The number of hydrogen-bond acceptors (Lipinski definition) is 4. The number of anilines is 1. The average molecular weight is 256 g/mol. The van der Waals surface area contributed by atoms with Crippen LogP contribution in [-0.2, 0) is 0 Å². The largest absolute Gasteiger partial charge is 0.393 e. The van der Waals surface area contributed by atoms with Crippen LogP contribution >= 0.6 is 11.6 Å². The van der Waals surface area contributed by atoms with Crippen LogP contribution in [0.2, 0.25) is 5.02 Å². The van der Waals surface area contributed by atoms with Gasteiger partial charge in [-0.3, -0.25) is 14.9 Å². The third kappa shape index (κ3) is 2.47. The van der Waals surface area contributed by atoms with Gasteiger partial charge in [0.05, 0.1) is 15.5 Å². The van der Waals surface area contributed by atoms with Gasteiger partial charge >= 0.3 is 0 Å². The Balaban J connectivity index is 2.34. The summed E-state index contributed by atoms with van der Waals surface area (Å²) in [5.41, 5.74) is 5.17. The van der Waals surface area contributed by atoms with Gasteiger partial charge in [-0.2, -0.15) is 0 Å². The summed E-state index contributed by atoms with van der Waals surface area (Å²) in [5, 5.41) is 13.5. The fourth-order valence-electron chi connectivity index (χ4n) is 1.40. The van der Waals surface area contributed by atoms with Crippen molar-refractivity contribution in [2.24, 2.45) is 0 Å². The smallest absolute Gasteiger partial charge is 0.293 e. The van der Waals surface area contributed by atoms with Gasteiger partial charge in [-0.15, -0.1) is 0 Å². The van der Waals surface area contributed by atoms with Crippen LogP contribution in [0.5, 0.6) is 0 Å². The fraction of sp³-hybridized carbons (Fsp3) is 0.300. The zero-order valence-electron chi connectivity index (χ0n) is 8.77. The maximum atomic E-state index is 11.7. The van der Waals surface area contributed by atoms with Gasteiger partial charge in [0.1, 0.15) is 5.69 Å². The molecule has 1 fully saturated rings. The molecule has 90 valence electrons. The number of benzene rings is 1. The molecule has 6 nitrogen and oxygen atoms in total. The first-order valence-corrected chi connectivity index (χ1v) is 5.41. The Labute approximate surface area is 102 Å². The lowest BCUT2D eigenvalue weighted by molar-refractivity contribution is -0.383. The van der Waals surface area contributed by atoms with Crippen LogP contribution in [-0.4, -0.2) is 16.9 Å². The van der Waals surface area contributed by atoms with E-state index in [4.69, 9.17) is 17.3 Å². The molecule has 1 amide bonds. The normalized spacial score (nSPS) is 14.4. The molecule has 3 N–H and O–H groups in total. The molecular formula is C10H10ClN3O3. The number of halogens is 1. The zero-order chi connectivity index (χ0) is 12.6. The standard InChI is InChI=1S/C10H10ClN3O3/c11-7-4-8(12)9(14(16)17)3-6(7)10(15)13-5-1-2-5/h3-5H,1-2,12H2,(H,13,15). The highest BCUT2D eigenvalue weighted by Gasteiger charge is 2.26. The van der Waals surface area contributed by atoms with Crippen LogP contribution < -0.4 is 11.1 Å². The molecule has 2 rings (SSSR count). The average Bonchev–Trinajstić information content (AvgIpc) is 3.00. The van der Waals surface area contributed by atoms with Crippen LogP contribution in [0.25, 0.3) is 0 Å². The van der Waals surface area contributed by atoms with Gasteiger partial charge in [-0.25, -0.2) is 0 Å². The number of carbonyl (C=O) groups is 1. The Morgan fingerprint density at radius 2 is 2.18 bits per heavy atom. The van der Waals surface area contributed by atoms with Crippen molar-refractivity contribution in [1.82, 2.24) is 5.32 Å². The van der Waals surface area contributed by atoms with Crippen LogP contribution in [0.15, 0.2) is 12.1 Å². The zero-order valence-corrected chi connectivity index (χ0v) is 9.53. The first-order chi connectivity index (χ1) is 7.99. The second kappa shape index (κ2) is 4.21. The van der Waals surface area contributed by atoms with Gasteiger partial charge < -0.3 is 11.1 Å². The molecule has 0 unspecified atom stereocenters. The predicted octanol–water partition coefficient (Wildman–Crippen LogP) is 1.72. The highest BCUT2D eigenvalue weighted by molar-refractivity contribution is 6.34. The Morgan fingerprint density at radius 1 is 1.53 bits per heavy atom. The van der Waals surface area contributed by atoms with Gasteiger partial charge in [0, 0.05) is 12.1 Å². The number of nitro groups is 1. The van der Waals surface area contributed by atoms with E-state index in [1.165, 1.54) is 6.07 Å². The van der Waals surface area contributed by atoms with E-state index in [-0.39, 0.29) is 28.0 Å². The van der Waals surface area contributed by atoms with Crippen molar-refractivity contribution < 1.29 is 9.72 Å². The summed E-state index contributed by atoms with van der Waals surface area (Å²) in [6.45, 7) is 0. The van der Waals surface area contributed by atoms with E-state index >= 15 is 0 Å². The SMILES string of the molecule is Nc1cc(Cl)c(C(=O)NC2CC2)cc1[N+](=O)[O-]. The third-order valence-electron chi connectivity index (χ3n) is 2.47. The summed E-state index contributed by atoms with van der Waals surface area (Å²) in [6, 6.07) is 2.49. The van der Waals surface area contributed by atoms with E-state index in [1.54, 1.807) is 0 Å². The van der Waals surface area contributed by atoms with E-state index < -0.39 is 10.8 Å². The molecule has 0 radical (unpaired) electrons. The second-order valence-corrected chi connectivity index (χ2v) is 4.30. The van der Waals surface area contributed by atoms with Crippen molar-refractivity contribution in [3.05, 3.63) is 32.8 Å². The fourth-order valence-corrected chi connectivity index (χ4v) is 1.66. The molecule has 0 heterocycles. The second-order valence-electron chi connectivity index (χ2n) is 3.90. The van der Waals surface area contributed by atoms with Crippen molar-refractivity contribution in [2.75, 3.05) is 5.73 Å². The summed E-state index contributed by atoms with van der Waals surface area (Å²) < 4.78 is 0. The molecule has 0 bridgehead atoms. The third-order valence-corrected chi connectivity index (χ3v) is 2.78. The number of nitrogens with one attached hydrogen (secondary N) is 1. The van der Waals surface area contributed by atoms with Gasteiger partial charge in [-0.1, -0.05) is 11.6 Å². The molecule has 0 aliphatic heterocycles. The topological polar surface area (TPSA) is 98.3 Å². The van der Waals surface area contributed by atoms with Crippen LogP contribution in [0.4, 0.5) is 11.4 Å². The number of nitro benzene ring substituents is 1. The minimum atomic E-state index is -0.639. The lowest BCUT2D eigenvalue weighted by Gasteiger charge is -2.06. The minimum Gasteiger partial charge on any atom is -0.393 e. The highest BCUT2D eigenvalue weighted by atomic mass is 35.5. The van der Waals surface area contributed by atoms with Crippen molar-refractivity contribution in [1.29, 1.82) is 0 Å². The maximum absolute atomic E-state index is 11.7. The van der Waals surface area contributed by atoms with Crippen molar-refractivity contribution >= 4 is 28.9 Å². The summed E-state index contributed by atoms with van der Waals surface area (Å²) in [5.74, 6) is -0.402. The summed E-state index contributed by atoms with van der Waals surface area (Å²) >= 11 is 5.84. The number of nitrogens with zero attached hydrogens (tertiary/aromatic N) is 1. The van der Waals surface area contributed by atoms with E-state index in [0.29, 0.717) is 0 Å². The number of hydrogen-bond donors (Lipinski definition) is 2. The molecule has 1 saturated carbocycles. The number of nitrogens with two attached hydrogens (primary N) is 1. The van der Waals surface area contributed by atoms with Crippen molar-refractivity contribution in [3.63, 3.8) is 0 Å². The Morgan fingerprint density at radius 3 is 2.71 bits per heavy atom. The van der Waals surface area contributed by atoms with Crippen molar-refractivity contribution in [2.45, 2.75) is 18.9 Å². The molecule has 1 aliphatic carbocycles. The van der Waals surface area contributed by atoms with Gasteiger partial charge in [0.25, 0.3) is 11.6 Å². The molecule has 1 aromatic rings. The monoisotopic (exact) mass is 255 g/mol. The van der Waals surface area contributed by atoms with Gasteiger partial charge in [0.15, 0.2) is 0 Å². The van der Waals surface area contributed by atoms with Crippen LogP contribution in [0, 0.1) is 10.1 Å². The molecule has 0 aromatic heterocycles. The van der Waals surface area contributed by atoms with Crippen LogP contribution in [0.1, 0.15) is 23.2 Å². The Bertz CT molecular complexity index is 500. The summed E-state index contributed by atoms with van der Waals surface area (Å²) in [6.07, 6.45) is 1.86. The van der Waals surface area contributed by atoms with Crippen LogP contribution in [0.3, 0.4) is 0 Å². The lowest BCUT2D eigenvalue weighted by Crippen LogP contribution is -2.25. The molecule has 1 aromatic carbocycles.